The maximum absolute atomic E-state index is 12.3. The van der Waals surface area contributed by atoms with Gasteiger partial charge in [0.05, 0.1) is 0 Å². The number of benzene rings is 1. The van der Waals surface area contributed by atoms with E-state index in [0.29, 0.717) is 0 Å². The van der Waals surface area contributed by atoms with Crippen molar-refractivity contribution in [1.29, 1.82) is 0 Å². The summed E-state index contributed by atoms with van der Waals surface area (Å²) in [5.74, 6) is -0.0642. The molecule has 0 N–H and O–H groups in total. The molecular weight excluding hydrogens is 177 g/mol. The van der Waals surface area contributed by atoms with Gasteiger partial charge in [0, 0.05) is 0 Å². The summed E-state index contributed by atoms with van der Waals surface area (Å²) in [5.41, 5.74) is 0.109. The molecule has 0 bridgehead atoms. The van der Waals surface area contributed by atoms with Crippen LogP contribution in [0, 0.1) is 12.3 Å². The molecule has 0 saturated carbocycles. The van der Waals surface area contributed by atoms with Crippen LogP contribution >= 0.6 is 0 Å². The van der Waals surface area contributed by atoms with Crippen LogP contribution in [0.1, 0.15) is 11.5 Å². The van der Waals surface area contributed by atoms with E-state index in [0.717, 1.165) is 0 Å². The summed E-state index contributed by atoms with van der Waals surface area (Å²) in [6, 6.07) is 7.46. The van der Waals surface area contributed by atoms with E-state index >= 15 is 0 Å². The Morgan fingerprint density at radius 2 is 1.69 bits per heavy atom. The molecule has 1 atom stereocenters. The average molecular weight is 184 g/mol. The highest BCUT2D eigenvalue weighted by Crippen LogP contribution is 2.33. The van der Waals surface area contributed by atoms with Crippen molar-refractivity contribution in [1.82, 2.24) is 0 Å². The summed E-state index contributed by atoms with van der Waals surface area (Å²) < 4.78 is 36.8. The van der Waals surface area contributed by atoms with Crippen LogP contribution < -0.4 is 0 Å². The molecule has 0 nitrogen and oxygen atoms in total. The van der Waals surface area contributed by atoms with Gasteiger partial charge in [-0.25, -0.2) is 0 Å². The Bertz CT molecular complexity index is 305. The lowest BCUT2D eigenvalue weighted by atomic mass is 10.00. The third-order valence-corrected chi connectivity index (χ3v) is 1.63. The van der Waals surface area contributed by atoms with E-state index in [1.807, 2.05) is 0 Å². The van der Waals surface area contributed by atoms with Gasteiger partial charge in [0.1, 0.15) is 5.92 Å². The highest BCUT2D eigenvalue weighted by atomic mass is 19.4. The summed E-state index contributed by atoms with van der Waals surface area (Å²) in [4.78, 5) is 0. The van der Waals surface area contributed by atoms with Gasteiger partial charge in [0.25, 0.3) is 0 Å². The van der Waals surface area contributed by atoms with Gasteiger partial charge < -0.3 is 0 Å². The van der Waals surface area contributed by atoms with E-state index in [1.165, 1.54) is 24.3 Å². The van der Waals surface area contributed by atoms with Crippen LogP contribution in [-0.4, -0.2) is 6.18 Å². The Kier molecular flexibility index (Phi) is 2.62. The van der Waals surface area contributed by atoms with Gasteiger partial charge in [-0.05, 0) is 5.56 Å². The molecule has 13 heavy (non-hydrogen) atoms. The van der Waals surface area contributed by atoms with Crippen LogP contribution in [0.4, 0.5) is 13.2 Å². The molecule has 0 fully saturated rings. The number of alkyl halides is 3. The first kappa shape index (κ1) is 9.66. The van der Waals surface area contributed by atoms with Gasteiger partial charge in [-0.2, -0.15) is 13.2 Å². The van der Waals surface area contributed by atoms with Crippen molar-refractivity contribution in [2.75, 3.05) is 0 Å². The summed E-state index contributed by atoms with van der Waals surface area (Å²) in [5, 5.41) is 0. The molecule has 0 radical (unpaired) electrons. The predicted octanol–water partition coefficient (Wildman–Crippen LogP) is 2.97. The number of terminal acetylenes is 1. The molecule has 0 heterocycles. The van der Waals surface area contributed by atoms with Crippen molar-refractivity contribution in [3.8, 4) is 12.3 Å². The monoisotopic (exact) mass is 184 g/mol. The molecule has 1 aromatic rings. The van der Waals surface area contributed by atoms with Crippen LogP contribution in [-0.2, 0) is 0 Å². The minimum absolute atomic E-state index is 0.109. The van der Waals surface area contributed by atoms with Crippen molar-refractivity contribution in [2.24, 2.45) is 0 Å². The predicted molar refractivity (Wildman–Crippen MR) is 44.1 cm³/mol. The van der Waals surface area contributed by atoms with Gasteiger partial charge in [-0.15, -0.1) is 6.42 Å². The minimum atomic E-state index is -4.36. The zero-order valence-corrected chi connectivity index (χ0v) is 6.68. The Morgan fingerprint density at radius 3 is 2.08 bits per heavy atom. The number of halogens is 3. The zero-order chi connectivity index (χ0) is 9.90. The molecule has 1 rings (SSSR count). The van der Waals surface area contributed by atoms with E-state index in [4.69, 9.17) is 6.42 Å². The largest absolute Gasteiger partial charge is 0.406 e. The Balaban J connectivity index is 3.01. The molecule has 0 unspecified atom stereocenters. The quantitative estimate of drug-likeness (QED) is 0.588. The number of hydrogen-bond donors (Lipinski definition) is 0. The molecule has 0 aromatic heterocycles. The standard InChI is InChI=1S/C10H7F3/c1-2-9(10(11,12)13)8-6-4-3-5-7-8/h1,3-7,9H/t9-/m0/s1. The average Bonchev–Trinajstić information content (AvgIpc) is 2.05. The second-order valence-corrected chi connectivity index (χ2v) is 2.55. The van der Waals surface area contributed by atoms with Gasteiger partial charge in [-0.1, -0.05) is 36.3 Å². The molecule has 0 amide bonds. The van der Waals surface area contributed by atoms with Crippen LogP contribution in [0.25, 0.3) is 0 Å². The SMILES string of the molecule is C#C[C@@H](c1ccccc1)C(F)(F)F. The first-order valence-corrected chi connectivity index (χ1v) is 3.63. The first-order valence-electron chi connectivity index (χ1n) is 3.63. The second-order valence-electron chi connectivity index (χ2n) is 2.55. The van der Waals surface area contributed by atoms with E-state index in [9.17, 15) is 13.2 Å². The van der Waals surface area contributed by atoms with Crippen LogP contribution in [0.2, 0.25) is 0 Å². The molecule has 0 aliphatic carbocycles. The molecular formula is C10H7F3. The fourth-order valence-electron chi connectivity index (χ4n) is 1.03. The fraction of sp³-hybridized carbons (Fsp3) is 0.200. The lowest BCUT2D eigenvalue weighted by molar-refractivity contribution is -0.137. The van der Waals surface area contributed by atoms with Gasteiger partial charge >= 0.3 is 6.18 Å². The van der Waals surface area contributed by atoms with E-state index < -0.39 is 12.1 Å². The summed E-state index contributed by atoms with van der Waals surface area (Å²) in [6.07, 6.45) is 0.456. The number of hydrogen-bond acceptors (Lipinski definition) is 0. The maximum Gasteiger partial charge on any atom is 0.406 e. The van der Waals surface area contributed by atoms with Crippen molar-refractivity contribution in [3.05, 3.63) is 35.9 Å². The first-order chi connectivity index (χ1) is 6.05. The minimum Gasteiger partial charge on any atom is -0.169 e. The number of rotatable bonds is 1. The lowest BCUT2D eigenvalue weighted by Crippen LogP contribution is -2.18. The normalized spacial score (nSPS) is 13.4. The van der Waals surface area contributed by atoms with E-state index in [1.54, 1.807) is 12.0 Å². The Hall–Kier alpha value is -1.43. The van der Waals surface area contributed by atoms with E-state index in [2.05, 4.69) is 0 Å². The highest BCUT2D eigenvalue weighted by Gasteiger charge is 2.39. The molecule has 0 spiro atoms. The van der Waals surface area contributed by atoms with Crippen LogP contribution in [0.5, 0.6) is 0 Å². The molecule has 3 heteroatoms. The topological polar surface area (TPSA) is 0 Å². The van der Waals surface area contributed by atoms with Gasteiger partial charge in [0.15, 0.2) is 0 Å². The lowest BCUT2D eigenvalue weighted by Gasteiger charge is -2.14. The van der Waals surface area contributed by atoms with Gasteiger partial charge in [-0.3, -0.25) is 0 Å². The zero-order valence-electron chi connectivity index (χ0n) is 6.68. The smallest absolute Gasteiger partial charge is 0.169 e. The summed E-state index contributed by atoms with van der Waals surface area (Å²) >= 11 is 0. The second kappa shape index (κ2) is 3.53. The van der Waals surface area contributed by atoms with Crippen LogP contribution in [0.15, 0.2) is 30.3 Å². The Labute approximate surface area is 74.4 Å². The summed E-state index contributed by atoms with van der Waals surface area (Å²) in [6.45, 7) is 0. The molecule has 0 aliphatic rings. The Morgan fingerprint density at radius 1 is 1.15 bits per heavy atom. The molecule has 68 valence electrons. The van der Waals surface area contributed by atoms with Crippen LogP contribution in [0.3, 0.4) is 0 Å². The van der Waals surface area contributed by atoms with Crippen molar-refractivity contribution >= 4 is 0 Å². The molecule has 0 aliphatic heterocycles. The van der Waals surface area contributed by atoms with Crippen molar-refractivity contribution in [3.63, 3.8) is 0 Å². The van der Waals surface area contributed by atoms with Crippen molar-refractivity contribution < 1.29 is 13.2 Å². The summed E-state index contributed by atoms with van der Waals surface area (Å²) in [7, 11) is 0. The van der Waals surface area contributed by atoms with Gasteiger partial charge in [0.2, 0.25) is 0 Å². The van der Waals surface area contributed by atoms with Crippen molar-refractivity contribution in [2.45, 2.75) is 12.1 Å². The van der Waals surface area contributed by atoms with E-state index in [-0.39, 0.29) is 5.56 Å². The maximum atomic E-state index is 12.3. The third-order valence-electron chi connectivity index (χ3n) is 1.63. The molecule has 1 aromatic carbocycles. The highest BCUT2D eigenvalue weighted by molar-refractivity contribution is 5.28. The fourth-order valence-corrected chi connectivity index (χ4v) is 1.03. The molecule has 0 saturated heterocycles. The third kappa shape index (κ3) is 2.25.